The molecule has 0 rings (SSSR count). The Hall–Kier alpha value is 0. The average molecular weight is 228 g/mol. The van der Waals surface area contributed by atoms with Crippen LogP contribution in [0.5, 0.6) is 0 Å². The molecule has 0 saturated carbocycles. The van der Waals surface area contributed by atoms with E-state index in [0.717, 1.165) is 11.8 Å². The van der Waals surface area contributed by atoms with Crippen LogP contribution in [0.2, 0.25) is 0 Å². The van der Waals surface area contributed by atoms with Gasteiger partial charge in [0.2, 0.25) is 0 Å². The van der Waals surface area contributed by atoms with Crippen molar-refractivity contribution in [3.8, 4) is 0 Å². The van der Waals surface area contributed by atoms with Gasteiger partial charge in [0.1, 0.15) is 0 Å². The van der Waals surface area contributed by atoms with Gasteiger partial charge < -0.3 is 0 Å². The van der Waals surface area contributed by atoms with Gasteiger partial charge in [-0.05, 0) is 11.8 Å². The topological polar surface area (TPSA) is 0 Å². The third-order valence-corrected chi connectivity index (χ3v) is 3.31. The van der Waals surface area contributed by atoms with Gasteiger partial charge in [-0.2, -0.15) is 0 Å². The van der Waals surface area contributed by atoms with Crippen molar-refractivity contribution in [2.75, 3.05) is 0 Å². The smallest absolute Gasteiger partial charge is 0.0443 e. The number of unbranched alkanes of at least 4 members (excludes halogenated alkanes) is 1. The highest BCUT2D eigenvalue weighted by Crippen LogP contribution is 2.11. The largest absolute Gasteiger partial charge is 0.0654 e. The fourth-order valence-corrected chi connectivity index (χ4v) is 1.89. The van der Waals surface area contributed by atoms with E-state index in [1.165, 1.54) is 51.4 Å². The molecule has 1 atom stereocenters. The molecule has 0 aromatic carbocycles. The lowest BCUT2D eigenvalue weighted by Crippen LogP contribution is -1.91. The molecule has 0 N–H and O–H groups in total. The summed E-state index contributed by atoms with van der Waals surface area (Å²) in [5.41, 5.74) is 0. The van der Waals surface area contributed by atoms with E-state index >= 15 is 0 Å². The second-order valence-electron chi connectivity index (χ2n) is 5.34. The highest BCUT2D eigenvalue weighted by molar-refractivity contribution is 4.49. The highest BCUT2D eigenvalue weighted by Gasteiger charge is 1.96. The Morgan fingerprint density at radius 1 is 0.625 bits per heavy atom. The molecule has 1 unspecified atom stereocenters. The summed E-state index contributed by atoms with van der Waals surface area (Å²) < 4.78 is 0. The van der Waals surface area contributed by atoms with E-state index in [2.05, 4.69) is 41.5 Å². The van der Waals surface area contributed by atoms with Gasteiger partial charge in [0.15, 0.2) is 0 Å². The van der Waals surface area contributed by atoms with Crippen LogP contribution in [-0.2, 0) is 0 Å². The van der Waals surface area contributed by atoms with Gasteiger partial charge in [0.25, 0.3) is 0 Å². The van der Waals surface area contributed by atoms with Gasteiger partial charge in [-0.15, -0.1) is 0 Å². The number of rotatable bonds is 8. The van der Waals surface area contributed by atoms with Crippen molar-refractivity contribution in [3.63, 3.8) is 0 Å². The molecule has 0 aromatic rings. The second kappa shape index (κ2) is 15.0. The van der Waals surface area contributed by atoms with Crippen molar-refractivity contribution in [2.24, 2.45) is 11.8 Å². The van der Waals surface area contributed by atoms with Gasteiger partial charge in [-0.25, -0.2) is 0 Å². The minimum atomic E-state index is 0.954. The second-order valence-corrected chi connectivity index (χ2v) is 5.34. The van der Waals surface area contributed by atoms with Crippen LogP contribution in [0, 0.1) is 11.8 Å². The fraction of sp³-hybridized carbons (Fsp3) is 1.00. The summed E-state index contributed by atoms with van der Waals surface area (Å²) in [5, 5.41) is 0. The number of hydrogen-bond acceptors (Lipinski definition) is 0. The lowest BCUT2D eigenvalue weighted by molar-refractivity contribution is 0.480. The summed E-state index contributed by atoms with van der Waals surface area (Å²) in [7, 11) is 0. The molecule has 16 heavy (non-hydrogen) atoms. The van der Waals surface area contributed by atoms with Crippen molar-refractivity contribution in [1.29, 1.82) is 0 Å². The van der Waals surface area contributed by atoms with Crippen LogP contribution in [0.4, 0.5) is 0 Å². The van der Waals surface area contributed by atoms with Crippen LogP contribution in [0.1, 0.15) is 92.9 Å². The molecular formula is C16H36. The first-order valence-electron chi connectivity index (χ1n) is 7.62. The molecule has 0 aromatic heterocycles. The maximum atomic E-state index is 2.34. The molecule has 0 aliphatic rings. The monoisotopic (exact) mass is 228 g/mol. The Morgan fingerprint density at radius 2 is 1.12 bits per heavy atom. The average Bonchev–Trinajstić information content (AvgIpc) is 2.27. The minimum absolute atomic E-state index is 0.954. The van der Waals surface area contributed by atoms with Crippen LogP contribution in [0.3, 0.4) is 0 Å². The third-order valence-electron chi connectivity index (χ3n) is 3.31. The van der Waals surface area contributed by atoms with Crippen molar-refractivity contribution in [2.45, 2.75) is 92.9 Å². The lowest BCUT2D eigenvalue weighted by atomic mass is 10.0. The van der Waals surface area contributed by atoms with E-state index in [0.29, 0.717) is 0 Å². The summed E-state index contributed by atoms with van der Waals surface area (Å²) in [6.45, 7) is 13.7. The first-order chi connectivity index (χ1) is 7.62. The quantitative estimate of drug-likeness (QED) is 0.448. The summed E-state index contributed by atoms with van der Waals surface area (Å²) in [5.74, 6) is 1.92. The molecule has 100 valence electrons. The Morgan fingerprint density at radius 3 is 1.44 bits per heavy atom. The summed E-state index contributed by atoms with van der Waals surface area (Å²) in [6, 6.07) is 0. The fourth-order valence-electron chi connectivity index (χ4n) is 1.89. The summed E-state index contributed by atoms with van der Waals surface area (Å²) >= 11 is 0. The maximum Gasteiger partial charge on any atom is -0.0443 e. The molecular weight excluding hydrogens is 192 g/mol. The van der Waals surface area contributed by atoms with E-state index in [1.807, 2.05) is 0 Å². The van der Waals surface area contributed by atoms with E-state index < -0.39 is 0 Å². The Balaban J connectivity index is 0. The minimum Gasteiger partial charge on any atom is -0.0654 e. The van der Waals surface area contributed by atoms with Crippen LogP contribution in [-0.4, -0.2) is 0 Å². The van der Waals surface area contributed by atoms with Crippen LogP contribution in [0.25, 0.3) is 0 Å². The molecule has 0 aliphatic heterocycles. The Kier molecular flexibility index (Phi) is 17.2. The van der Waals surface area contributed by atoms with Crippen molar-refractivity contribution < 1.29 is 0 Å². The number of hydrogen-bond donors (Lipinski definition) is 0. The summed E-state index contributed by atoms with van der Waals surface area (Å²) in [6.07, 6.45) is 11.1. The van der Waals surface area contributed by atoms with Gasteiger partial charge in [0, 0.05) is 0 Å². The van der Waals surface area contributed by atoms with Crippen LogP contribution >= 0.6 is 0 Å². The molecule has 0 radical (unpaired) electrons. The van der Waals surface area contributed by atoms with Crippen molar-refractivity contribution >= 4 is 0 Å². The molecule has 0 heteroatoms. The molecule has 0 spiro atoms. The van der Waals surface area contributed by atoms with Gasteiger partial charge >= 0.3 is 0 Å². The van der Waals surface area contributed by atoms with E-state index in [-0.39, 0.29) is 0 Å². The molecule has 0 saturated heterocycles. The summed E-state index contributed by atoms with van der Waals surface area (Å²) in [4.78, 5) is 0. The van der Waals surface area contributed by atoms with E-state index in [1.54, 1.807) is 0 Å². The van der Waals surface area contributed by atoms with Gasteiger partial charge in [-0.1, -0.05) is 92.9 Å². The standard InChI is InChI=1S/2C8H18/c1-4-6-7-8(3)5-2;1-4-6-8(3)7-5-2/h2*8H,4-7H2,1-3H3. The van der Waals surface area contributed by atoms with E-state index in [9.17, 15) is 0 Å². The normalized spacial score (nSPS) is 12.2. The Bertz CT molecular complexity index is 101. The first kappa shape index (κ1) is 18.4. The zero-order valence-corrected chi connectivity index (χ0v) is 12.8. The molecule has 0 heterocycles. The SMILES string of the molecule is CCCC(C)CCC.CCCCC(C)CC. The van der Waals surface area contributed by atoms with E-state index in [4.69, 9.17) is 0 Å². The highest BCUT2D eigenvalue weighted by atomic mass is 14.0. The lowest BCUT2D eigenvalue weighted by Gasteiger charge is -2.05. The third kappa shape index (κ3) is 16.4. The molecule has 0 bridgehead atoms. The van der Waals surface area contributed by atoms with Gasteiger partial charge in [-0.3, -0.25) is 0 Å². The predicted molar refractivity (Wildman–Crippen MR) is 78.0 cm³/mol. The van der Waals surface area contributed by atoms with Crippen LogP contribution < -0.4 is 0 Å². The molecule has 0 fully saturated rings. The first-order valence-corrected chi connectivity index (χ1v) is 7.62. The predicted octanol–water partition coefficient (Wildman–Crippen LogP) is 6.45. The molecule has 0 nitrogen and oxygen atoms in total. The molecule has 0 amide bonds. The zero-order valence-electron chi connectivity index (χ0n) is 12.8. The van der Waals surface area contributed by atoms with Crippen molar-refractivity contribution in [3.05, 3.63) is 0 Å². The van der Waals surface area contributed by atoms with Crippen molar-refractivity contribution in [1.82, 2.24) is 0 Å². The Labute approximate surface area is 105 Å². The van der Waals surface area contributed by atoms with Gasteiger partial charge in [0.05, 0.1) is 0 Å². The maximum absolute atomic E-state index is 2.34. The molecule has 0 aliphatic carbocycles. The van der Waals surface area contributed by atoms with Crippen LogP contribution in [0.15, 0.2) is 0 Å². The zero-order chi connectivity index (χ0) is 12.8.